The van der Waals surface area contributed by atoms with E-state index in [4.69, 9.17) is 11.6 Å². The summed E-state index contributed by atoms with van der Waals surface area (Å²) in [6.07, 6.45) is 0.393. The standard InChI is InChI=1S/C13H17ClN2O/c1-10-9-15-6-7-16(10)13(17)8-11-4-2-3-5-12(11)14/h2-5,10,15H,6-9H2,1H3. The van der Waals surface area contributed by atoms with Gasteiger partial charge in [0, 0.05) is 30.7 Å². The fraction of sp³-hybridized carbons (Fsp3) is 0.462. The van der Waals surface area contributed by atoms with E-state index < -0.39 is 0 Å². The monoisotopic (exact) mass is 252 g/mol. The normalized spacial score (nSPS) is 20.4. The Balaban J connectivity index is 2.03. The molecule has 0 aromatic heterocycles. The number of hydrogen-bond acceptors (Lipinski definition) is 2. The lowest BCUT2D eigenvalue weighted by molar-refractivity contribution is -0.133. The average molecular weight is 253 g/mol. The fourth-order valence-electron chi connectivity index (χ4n) is 2.12. The number of carbonyl (C=O) groups is 1. The molecule has 0 saturated carbocycles. The van der Waals surface area contributed by atoms with Crippen molar-refractivity contribution in [1.82, 2.24) is 10.2 Å². The van der Waals surface area contributed by atoms with E-state index >= 15 is 0 Å². The van der Waals surface area contributed by atoms with Crippen LogP contribution in [-0.2, 0) is 11.2 Å². The number of benzene rings is 1. The maximum Gasteiger partial charge on any atom is 0.227 e. The van der Waals surface area contributed by atoms with E-state index in [2.05, 4.69) is 12.2 Å². The molecule has 1 unspecified atom stereocenters. The van der Waals surface area contributed by atoms with E-state index in [1.54, 1.807) is 0 Å². The summed E-state index contributed by atoms with van der Waals surface area (Å²) in [4.78, 5) is 14.1. The van der Waals surface area contributed by atoms with Gasteiger partial charge in [-0.3, -0.25) is 4.79 Å². The quantitative estimate of drug-likeness (QED) is 0.869. The van der Waals surface area contributed by atoms with E-state index in [0.29, 0.717) is 11.4 Å². The molecule has 2 rings (SSSR count). The lowest BCUT2D eigenvalue weighted by Crippen LogP contribution is -2.52. The zero-order chi connectivity index (χ0) is 12.3. The maximum absolute atomic E-state index is 12.2. The third-order valence-electron chi connectivity index (χ3n) is 3.12. The van der Waals surface area contributed by atoms with Crippen molar-refractivity contribution < 1.29 is 4.79 Å². The molecule has 1 aliphatic heterocycles. The molecule has 1 fully saturated rings. The SMILES string of the molecule is CC1CNCCN1C(=O)Cc1ccccc1Cl. The van der Waals surface area contributed by atoms with E-state index in [0.717, 1.165) is 25.2 Å². The number of rotatable bonds is 2. The molecule has 92 valence electrons. The maximum atomic E-state index is 12.2. The molecular formula is C13H17ClN2O. The number of carbonyl (C=O) groups excluding carboxylic acids is 1. The Kier molecular flexibility index (Phi) is 4.02. The molecule has 1 aliphatic rings. The molecule has 17 heavy (non-hydrogen) atoms. The summed E-state index contributed by atoms with van der Waals surface area (Å²) in [5.41, 5.74) is 0.907. The van der Waals surface area contributed by atoms with Crippen LogP contribution in [0.15, 0.2) is 24.3 Å². The number of amides is 1. The highest BCUT2D eigenvalue weighted by Crippen LogP contribution is 2.17. The molecule has 1 saturated heterocycles. The van der Waals surface area contributed by atoms with Crippen molar-refractivity contribution in [2.24, 2.45) is 0 Å². The summed E-state index contributed by atoms with van der Waals surface area (Å²) in [6.45, 7) is 4.59. The van der Waals surface area contributed by atoms with Gasteiger partial charge in [0.25, 0.3) is 0 Å². The molecule has 3 nitrogen and oxygen atoms in total. The predicted octanol–water partition coefficient (Wildman–Crippen LogP) is 1.70. The Bertz CT molecular complexity index is 408. The van der Waals surface area contributed by atoms with Crippen LogP contribution < -0.4 is 5.32 Å². The van der Waals surface area contributed by atoms with Gasteiger partial charge in [-0.1, -0.05) is 29.8 Å². The minimum Gasteiger partial charge on any atom is -0.337 e. The third-order valence-corrected chi connectivity index (χ3v) is 3.49. The van der Waals surface area contributed by atoms with Crippen LogP contribution in [0.3, 0.4) is 0 Å². The van der Waals surface area contributed by atoms with E-state index in [9.17, 15) is 4.79 Å². The molecule has 0 spiro atoms. The van der Waals surface area contributed by atoms with Crippen LogP contribution in [0.25, 0.3) is 0 Å². The predicted molar refractivity (Wildman–Crippen MR) is 69.2 cm³/mol. The summed E-state index contributed by atoms with van der Waals surface area (Å²) < 4.78 is 0. The topological polar surface area (TPSA) is 32.3 Å². The van der Waals surface area contributed by atoms with Gasteiger partial charge in [-0.2, -0.15) is 0 Å². The first-order chi connectivity index (χ1) is 8.18. The minimum atomic E-state index is 0.159. The molecule has 4 heteroatoms. The van der Waals surface area contributed by atoms with Crippen LogP contribution in [0.5, 0.6) is 0 Å². The molecule has 0 radical (unpaired) electrons. The lowest BCUT2D eigenvalue weighted by Gasteiger charge is -2.34. The first kappa shape index (κ1) is 12.4. The van der Waals surface area contributed by atoms with Gasteiger partial charge in [-0.25, -0.2) is 0 Å². The second kappa shape index (κ2) is 5.52. The highest BCUT2D eigenvalue weighted by molar-refractivity contribution is 6.31. The van der Waals surface area contributed by atoms with Crippen LogP contribution in [0.4, 0.5) is 0 Å². The Hall–Kier alpha value is -1.06. The van der Waals surface area contributed by atoms with Crippen molar-refractivity contribution in [3.05, 3.63) is 34.9 Å². The number of nitrogens with one attached hydrogen (secondary N) is 1. The Morgan fingerprint density at radius 1 is 1.53 bits per heavy atom. The highest BCUT2D eigenvalue weighted by atomic mass is 35.5. The van der Waals surface area contributed by atoms with Crippen LogP contribution >= 0.6 is 11.6 Å². The summed E-state index contributed by atoms with van der Waals surface area (Å²) in [5.74, 6) is 0.159. The molecule has 0 bridgehead atoms. The van der Waals surface area contributed by atoms with Crippen molar-refractivity contribution in [2.75, 3.05) is 19.6 Å². The minimum absolute atomic E-state index is 0.159. The van der Waals surface area contributed by atoms with Crippen LogP contribution in [0.2, 0.25) is 5.02 Å². The van der Waals surface area contributed by atoms with E-state index in [-0.39, 0.29) is 11.9 Å². The highest BCUT2D eigenvalue weighted by Gasteiger charge is 2.23. The molecular weight excluding hydrogens is 236 g/mol. The molecule has 1 atom stereocenters. The van der Waals surface area contributed by atoms with Gasteiger partial charge in [0.1, 0.15) is 0 Å². The molecule has 0 aliphatic carbocycles. The molecule has 1 aromatic rings. The van der Waals surface area contributed by atoms with Crippen molar-refractivity contribution in [3.8, 4) is 0 Å². The van der Waals surface area contributed by atoms with Gasteiger partial charge >= 0.3 is 0 Å². The van der Waals surface area contributed by atoms with Crippen LogP contribution in [0.1, 0.15) is 12.5 Å². The second-order valence-corrected chi connectivity index (χ2v) is 4.82. The first-order valence-electron chi connectivity index (χ1n) is 5.92. The van der Waals surface area contributed by atoms with Crippen molar-refractivity contribution in [1.29, 1.82) is 0 Å². The van der Waals surface area contributed by atoms with Crippen LogP contribution in [-0.4, -0.2) is 36.5 Å². The molecule has 1 N–H and O–H groups in total. The largest absolute Gasteiger partial charge is 0.337 e. The van der Waals surface area contributed by atoms with Gasteiger partial charge in [-0.05, 0) is 18.6 Å². The number of piperazine rings is 1. The summed E-state index contributed by atoms with van der Waals surface area (Å²) in [5, 5.41) is 3.94. The van der Waals surface area contributed by atoms with E-state index in [1.807, 2.05) is 29.2 Å². The molecule has 1 amide bonds. The Morgan fingerprint density at radius 2 is 2.29 bits per heavy atom. The average Bonchev–Trinajstić information content (AvgIpc) is 2.32. The van der Waals surface area contributed by atoms with E-state index in [1.165, 1.54) is 0 Å². The first-order valence-corrected chi connectivity index (χ1v) is 6.30. The summed E-state index contributed by atoms with van der Waals surface area (Å²) >= 11 is 6.06. The summed E-state index contributed by atoms with van der Waals surface area (Å²) in [7, 11) is 0. The van der Waals surface area contributed by atoms with Crippen molar-refractivity contribution in [2.45, 2.75) is 19.4 Å². The van der Waals surface area contributed by atoms with Crippen LogP contribution in [0, 0.1) is 0 Å². The number of nitrogens with zero attached hydrogens (tertiary/aromatic N) is 1. The lowest BCUT2D eigenvalue weighted by atomic mass is 10.1. The Labute approximate surface area is 107 Å². The van der Waals surface area contributed by atoms with Crippen molar-refractivity contribution in [3.63, 3.8) is 0 Å². The zero-order valence-electron chi connectivity index (χ0n) is 9.95. The number of hydrogen-bond donors (Lipinski definition) is 1. The smallest absolute Gasteiger partial charge is 0.227 e. The van der Waals surface area contributed by atoms with Gasteiger partial charge < -0.3 is 10.2 Å². The van der Waals surface area contributed by atoms with Gasteiger partial charge in [0.15, 0.2) is 0 Å². The zero-order valence-corrected chi connectivity index (χ0v) is 10.7. The third kappa shape index (κ3) is 2.99. The van der Waals surface area contributed by atoms with Gasteiger partial charge in [0.2, 0.25) is 5.91 Å². The summed E-state index contributed by atoms with van der Waals surface area (Å²) in [6, 6.07) is 7.79. The van der Waals surface area contributed by atoms with Crippen molar-refractivity contribution >= 4 is 17.5 Å². The van der Waals surface area contributed by atoms with Gasteiger partial charge in [0.05, 0.1) is 6.42 Å². The fourth-order valence-corrected chi connectivity index (χ4v) is 2.32. The second-order valence-electron chi connectivity index (χ2n) is 4.41. The number of halogens is 1. The molecule has 1 heterocycles. The Morgan fingerprint density at radius 3 is 3.00 bits per heavy atom. The van der Waals surface area contributed by atoms with Gasteiger partial charge in [-0.15, -0.1) is 0 Å². The molecule has 1 aromatic carbocycles.